The maximum Gasteiger partial charge on any atom is 0.318 e. The van der Waals surface area contributed by atoms with Gasteiger partial charge in [-0.05, 0) is 66.8 Å². The Hall–Kier alpha value is -4.72. The lowest BCUT2D eigenvalue weighted by atomic mass is 9.89. The molecule has 0 spiro atoms. The molecule has 0 radical (unpaired) electrons. The van der Waals surface area contributed by atoms with Gasteiger partial charge in [0.25, 0.3) is 0 Å². The van der Waals surface area contributed by atoms with E-state index in [0.29, 0.717) is 25.7 Å². The van der Waals surface area contributed by atoms with Crippen LogP contribution < -0.4 is 0 Å². The first kappa shape index (κ1) is 61.3. The number of hydrogen-bond donors (Lipinski definition) is 8. The van der Waals surface area contributed by atoms with Crippen molar-refractivity contribution in [1.29, 1.82) is 0 Å². The summed E-state index contributed by atoms with van der Waals surface area (Å²) in [5.41, 5.74) is -5.28. The molecule has 0 fully saturated rings. The van der Waals surface area contributed by atoms with Gasteiger partial charge in [-0.2, -0.15) is 0 Å². The summed E-state index contributed by atoms with van der Waals surface area (Å²) >= 11 is 0. The lowest BCUT2D eigenvalue weighted by Crippen LogP contribution is -2.48. The third kappa shape index (κ3) is 17.5. The third-order valence-corrected chi connectivity index (χ3v) is 10.8. The molecule has 66 heavy (non-hydrogen) atoms. The van der Waals surface area contributed by atoms with Crippen molar-refractivity contribution in [2.24, 2.45) is 43.0 Å². The summed E-state index contributed by atoms with van der Waals surface area (Å²) in [6.45, 7) is -4.59. The lowest BCUT2D eigenvalue weighted by Gasteiger charge is -2.33. The van der Waals surface area contributed by atoms with E-state index in [-0.39, 0.29) is 13.2 Å². The number of nitrogens with zero attached hydrogens (tertiary/aromatic N) is 3. The average molecular weight is 956 g/mol. The van der Waals surface area contributed by atoms with Crippen molar-refractivity contribution in [2.75, 3.05) is 106 Å². The predicted molar refractivity (Wildman–Crippen MR) is 223 cm³/mol. The van der Waals surface area contributed by atoms with Crippen LogP contribution in [0.1, 0.15) is 74.1 Å². The number of carbonyl (C=O) groups is 7. The minimum atomic E-state index is -2.14. The smallest absolute Gasteiger partial charge is 0.318 e. The zero-order valence-electron chi connectivity index (χ0n) is 38.8. The van der Waals surface area contributed by atoms with Gasteiger partial charge in [0.1, 0.15) is 77.5 Å². The fourth-order valence-electron chi connectivity index (χ4n) is 4.61. The molecule has 0 saturated heterocycles. The van der Waals surface area contributed by atoms with Crippen molar-refractivity contribution >= 4 is 41.8 Å². The Morgan fingerprint density at radius 1 is 0.364 bits per heavy atom. The normalized spacial score (nSPS) is 12.6. The number of azide groups is 1. The molecule has 0 heterocycles. The zero-order chi connectivity index (χ0) is 51.0. The first-order valence-corrected chi connectivity index (χ1v) is 20.8. The summed E-state index contributed by atoms with van der Waals surface area (Å²) in [5.74, 6) is -8.41. The van der Waals surface area contributed by atoms with Crippen LogP contribution in [0.2, 0.25) is 0 Å². The minimum Gasteiger partial charge on any atom is -0.465 e. The maximum absolute atomic E-state index is 13.9. The molecular formula is C41H69N3O22. The van der Waals surface area contributed by atoms with Gasteiger partial charge in [-0.25, -0.2) is 0 Å². The van der Waals surface area contributed by atoms with E-state index in [1.54, 1.807) is 0 Å². The Morgan fingerprint density at radius 3 is 0.803 bits per heavy atom. The van der Waals surface area contributed by atoms with Crippen LogP contribution in [0.15, 0.2) is 5.11 Å². The van der Waals surface area contributed by atoms with Gasteiger partial charge in [-0.1, -0.05) is 18.0 Å². The fourth-order valence-corrected chi connectivity index (χ4v) is 4.61. The molecular weight excluding hydrogens is 886 g/mol. The minimum absolute atomic E-state index is 0.197. The third-order valence-electron chi connectivity index (χ3n) is 10.8. The number of rotatable bonds is 34. The van der Waals surface area contributed by atoms with E-state index in [0.717, 1.165) is 48.5 Å². The van der Waals surface area contributed by atoms with E-state index in [1.165, 1.54) is 0 Å². The molecule has 0 aromatic rings. The Bertz CT molecular complexity index is 1490. The number of carbonyl (C=O) groups excluding carboxylic acids is 7. The molecule has 0 aromatic heterocycles. The van der Waals surface area contributed by atoms with E-state index in [4.69, 9.17) is 38.7 Å². The number of aliphatic hydroxyl groups excluding tert-OH is 8. The average Bonchev–Trinajstić information content (AvgIpc) is 3.33. The first-order chi connectivity index (χ1) is 30.7. The molecule has 0 rings (SSSR count). The van der Waals surface area contributed by atoms with Crippen LogP contribution >= 0.6 is 0 Å². The lowest BCUT2D eigenvalue weighted by molar-refractivity contribution is -0.185. The van der Waals surface area contributed by atoms with E-state index < -0.39 is 172 Å². The van der Waals surface area contributed by atoms with Crippen molar-refractivity contribution in [3.8, 4) is 0 Å². The van der Waals surface area contributed by atoms with E-state index >= 15 is 0 Å². The Morgan fingerprint density at radius 2 is 0.576 bits per heavy atom. The molecule has 0 atom stereocenters. The highest BCUT2D eigenvalue weighted by Crippen LogP contribution is 2.31. The van der Waals surface area contributed by atoms with Crippen molar-refractivity contribution in [3.05, 3.63) is 10.4 Å². The Labute approximate surface area is 382 Å². The summed E-state index contributed by atoms with van der Waals surface area (Å²) in [5, 5.41) is 80.9. The van der Waals surface area contributed by atoms with Gasteiger partial charge in [-0.3, -0.25) is 33.6 Å². The van der Waals surface area contributed by atoms with E-state index in [2.05, 4.69) is 10.0 Å². The maximum atomic E-state index is 13.9. The summed E-state index contributed by atoms with van der Waals surface area (Å²) in [7, 11) is 0. The highest BCUT2D eigenvalue weighted by molar-refractivity contribution is 5.83. The van der Waals surface area contributed by atoms with Gasteiger partial charge < -0.3 is 74.0 Å². The van der Waals surface area contributed by atoms with Gasteiger partial charge in [0.15, 0.2) is 0 Å². The monoisotopic (exact) mass is 955 g/mol. The second kappa shape index (κ2) is 27.8. The van der Waals surface area contributed by atoms with Crippen LogP contribution in [0.5, 0.6) is 0 Å². The molecule has 0 aromatic carbocycles. The largest absolute Gasteiger partial charge is 0.465 e. The first-order valence-electron chi connectivity index (χ1n) is 20.8. The Kier molecular flexibility index (Phi) is 25.8. The van der Waals surface area contributed by atoms with Crippen molar-refractivity contribution in [1.82, 2.24) is 0 Å². The summed E-state index contributed by atoms with van der Waals surface area (Å²) in [4.78, 5) is 95.8. The van der Waals surface area contributed by atoms with Crippen molar-refractivity contribution in [2.45, 2.75) is 74.1 Å². The number of aliphatic hydroxyl groups is 8. The van der Waals surface area contributed by atoms with Gasteiger partial charge in [-0.15, -0.1) is 0 Å². The standard InChI is InChI=1S/C41H69N3O22/c1-35(14-45,15-46)28(53)61-24-40(6,25-62-29(54)36(2,16-47)17-48)33(58)65-22-39(5,32(57)60-13-11-9-8-10-12-43-44-42)23-66-34(59)41(7,26-63-30(55)37(3,18-49)19-50)27-64-31(56)38(4,20-51)21-52/h45-52H,8-27H2,1-7H3. The quantitative estimate of drug-likeness (QED) is 0.00922. The number of ether oxygens (including phenoxy) is 7. The van der Waals surface area contributed by atoms with E-state index in [9.17, 15) is 74.4 Å². The molecule has 0 saturated carbocycles. The summed E-state index contributed by atoms with van der Waals surface area (Å²) in [6, 6.07) is 0. The molecule has 0 bridgehead atoms. The second-order valence-electron chi connectivity index (χ2n) is 18.2. The topological polar surface area (TPSA) is 395 Å². The number of hydrogen-bond acceptors (Lipinski definition) is 23. The van der Waals surface area contributed by atoms with Crippen LogP contribution in [-0.2, 0) is 66.7 Å². The predicted octanol–water partition coefficient (Wildman–Crippen LogP) is -1.36. The molecule has 25 nitrogen and oxygen atoms in total. The SMILES string of the molecule is CC(CO)(CO)C(=O)OCC(C)(COC(=O)C(C)(CO)CO)C(=O)OCC(C)(COC(=O)C(C)(COC(=O)C(C)(CO)CO)COC(=O)C(C)(CO)CO)C(=O)OCCCCCCN=[N+]=[N-]. The van der Waals surface area contributed by atoms with Crippen LogP contribution in [0.3, 0.4) is 0 Å². The molecule has 0 unspecified atom stereocenters. The Balaban J connectivity index is 6.93. The fraction of sp³-hybridized carbons (Fsp3) is 0.829. The summed E-state index contributed by atoms with van der Waals surface area (Å²) in [6.07, 6.45) is 1.98. The number of esters is 7. The highest BCUT2D eigenvalue weighted by atomic mass is 16.6. The summed E-state index contributed by atoms with van der Waals surface area (Å²) < 4.78 is 37.5. The molecule has 25 heteroatoms. The van der Waals surface area contributed by atoms with Gasteiger partial charge >= 0.3 is 41.8 Å². The van der Waals surface area contributed by atoms with Crippen molar-refractivity contribution in [3.63, 3.8) is 0 Å². The van der Waals surface area contributed by atoms with Gasteiger partial charge in [0.05, 0.1) is 59.5 Å². The zero-order valence-corrected chi connectivity index (χ0v) is 38.8. The molecule has 8 N–H and O–H groups in total. The second-order valence-corrected chi connectivity index (χ2v) is 18.2. The van der Waals surface area contributed by atoms with Crippen LogP contribution in [0, 0.1) is 37.9 Å². The van der Waals surface area contributed by atoms with E-state index in [1.807, 2.05) is 0 Å². The highest BCUT2D eigenvalue weighted by Gasteiger charge is 2.48. The van der Waals surface area contributed by atoms with Crippen LogP contribution in [-0.4, -0.2) is 188 Å². The molecule has 0 aliphatic carbocycles. The van der Waals surface area contributed by atoms with Crippen LogP contribution in [0.25, 0.3) is 10.4 Å². The molecule has 0 aliphatic heterocycles. The van der Waals surface area contributed by atoms with Crippen LogP contribution in [0.4, 0.5) is 0 Å². The molecule has 380 valence electrons. The van der Waals surface area contributed by atoms with Crippen molar-refractivity contribution < 1.29 is 108 Å². The molecule has 0 aliphatic rings. The number of unbranched alkanes of at least 4 members (excludes halogenated alkanes) is 3. The molecule has 0 amide bonds. The van der Waals surface area contributed by atoms with Gasteiger partial charge in [0, 0.05) is 11.5 Å². The van der Waals surface area contributed by atoms with Gasteiger partial charge in [0.2, 0.25) is 0 Å².